The summed E-state index contributed by atoms with van der Waals surface area (Å²) in [5.41, 5.74) is 10.7. The Morgan fingerprint density at radius 1 is 1.54 bits per heavy atom. The van der Waals surface area contributed by atoms with Gasteiger partial charge in [-0.15, -0.1) is 0 Å². The number of nitrogens with two attached hydrogens (primary N) is 2. The second kappa shape index (κ2) is 6.68. The highest BCUT2D eigenvalue weighted by Gasteiger charge is 2.11. The first-order valence-corrected chi connectivity index (χ1v) is 4.29. The number of thiocarbonyl (C=S) groups is 1. The van der Waals surface area contributed by atoms with E-state index in [0.717, 1.165) is 0 Å². The summed E-state index contributed by atoms with van der Waals surface area (Å²) in [7, 11) is 0. The van der Waals surface area contributed by atoms with Crippen LogP contribution in [0, 0.1) is 0 Å². The Balaban J connectivity index is 3.55. The molecule has 0 aromatic heterocycles. The van der Waals surface area contributed by atoms with E-state index in [2.05, 4.69) is 22.4 Å². The van der Waals surface area contributed by atoms with Crippen molar-refractivity contribution in [3.8, 4) is 0 Å². The van der Waals surface area contributed by atoms with Gasteiger partial charge in [-0.3, -0.25) is 4.79 Å². The van der Waals surface area contributed by atoms with Crippen molar-refractivity contribution in [1.82, 2.24) is 0 Å². The molecule has 0 fully saturated rings. The van der Waals surface area contributed by atoms with Crippen LogP contribution in [0.5, 0.6) is 0 Å². The largest absolute Gasteiger partial charge is 0.480 e. The van der Waals surface area contributed by atoms with Crippen LogP contribution in [0.3, 0.4) is 0 Å². The summed E-state index contributed by atoms with van der Waals surface area (Å²) in [4.78, 5) is 13.9. The minimum absolute atomic E-state index is 0.390. The Kier molecular flexibility index (Phi) is 6.26. The minimum Gasteiger partial charge on any atom is -0.480 e. The topological polar surface area (TPSA) is 102 Å². The number of carbonyl (C=O) groups is 1. The van der Waals surface area contributed by atoms with Gasteiger partial charge in [0.15, 0.2) is 0 Å². The van der Waals surface area contributed by atoms with Gasteiger partial charge in [0.1, 0.15) is 12.2 Å². The van der Waals surface area contributed by atoms with Gasteiger partial charge in [0.05, 0.1) is 5.16 Å². The molecule has 0 aromatic rings. The van der Waals surface area contributed by atoms with Crippen LogP contribution in [-0.4, -0.2) is 28.4 Å². The fraction of sp³-hybridized carbons (Fsp3) is 0.714. The van der Waals surface area contributed by atoms with Crippen LogP contribution in [0.15, 0.2) is 4.99 Å². The highest BCUT2D eigenvalue weighted by atomic mass is 32.1. The van der Waals surface area contributed by atoms with Crippen molar-refractivity contribution in [2.24, 2.45) is 16.5 Å². The molecular formula is C7H13N3O2S. The third-order valence-electron chi connectivity index (χ3n) is 1.55. The van der Waals surface area contributed by atoms with Crippen LogP contribution in [0.25, 0.3) is 0 Å². The van der Waals surface area contributed by atoms with Crippen LogP contribution in [0.4, 0.5) is 0 Å². The number of aliphatic carboxylic acids is 1. The molecule has 0 radical (unpaired) electrons. The van der Waals surface area contributed by atoms with Gasteiger partial charge >= 0.3 is 5.97 Å². The summed E-state index contributed by atoms with van der Waals surface area (Å²) in [6.07, 6.45) is 1.20. The molecule has 2 atom stereocenters. The van der Waals surface area contributed by atoms with Crippen LogP contribution in [-0.2, 0) is 4.79 Å². The Hall–Kier alpha value is -0.810. The number of isothiocyanates is 1. The zero-order chi connectivity index (χ0) is 10.3. The second-order valence-electron chi connectivity index (χ2n) is 2.66. The summed E-state index contributed by atoms with van der Waals surface area (Å²) >= 11 is 4.36. The third-order valence-corrected chi connectivity index (χ3v) is 1.66. The van der Waals surface area contributed by atoms with Crippen LogP contribution >= 0.6 is 12.2 Å². The molecule has 0 rings (SSSR count). The molecule has 0 aliphatic carbocycles. The molecule has 0 saturated carbocycles. The first kappa shape index (κ1) is 12.2. The smallest absolute Gasteiger partial charge is 0.320 e. The SMILES string of the molecule is NC(CCCC(N)C(=O)O)N=C=S. The molecule has 2 unspecified atom stereocenters. The highest BCUT2D eigenvalue weighted by molar-refractivity contribution is 7.78. The summed E-state index contributed by atoms with van der Waals surface area (Å²) < 4.78 is 0. The predicted molar refractivity (Wildman–Crippen MR) is 52.5 cm³/mol. The number of hydrogen-bond donors (Lipinski definition) is 3. The van der Waals surface area contributed by atoms with Crippen LogP contribution in [0.1, 0.15) is 19.3 Å². The fourth-order valence-electron chi connectivity index (χ4n) is 0.803. The molecule has 0 bridgehead atoms. The molecule has 0 aromatic carbocycles. The molecule has 13 heavy (non-hydrogen) atoms. The van der Waals surface area contributed by atoms with Gasteiger partial charge in [-0.1, -0.05) is 0 Å². The van der Waals surface area contributed by atoms with Gasteiger partial charge in [0.25, 0.3) is 0 Å². The molecule has 0 heterocycles. The first-order valence-electron chi connectivity index (χ1n) is 3.89. The lowest BCUT2D eigenvalue weighted by Gasteiger charge is -2.07. The molecule has 0 aliphatic rings. The van der Waals surface area contributed by atoms with E-state index >= 15 is 0 Å². The number of nitrogens with zero attached hydrogens (tertiary/aromatic N) is 1. The average Bonchev–Trinajstić information content (AvgIpc) is 2.04. The summed E-state index contributed by atoms with van der Waals surface area (Å²) in [5.74, 6) is -0.994. The summed E-state index contributed by atoms with van der Waals surface area (Å²) in [6.45, 7) is 0. The van der Waals surface area contributed by atoms with Gasteiger partial charge in [-0.2, -0.15) is 0 Å². The summed E-state index contributed by atoms with van der Waals surface area (Å²) in [6, 6.07) is -0.816. The van der Waals surface area contributed by atoms with E-state index in [1.807, 2.05) is 0 Å². The van der Waals surface area contributed by atoms with Crippen molar-refractivity contribution >= 4 is 23.3 Å². The summed E-state index contributed by atoms with van der Waals surface area (Å²) in [5, 5.41) is 10.6. The van der Waals surface area contributed by atoms with Gasteiger partial charge < -0.3 is 16.6 Å². The zero-order valence-corrected chi connectivity index (χ0v) is 7.96. The minimum atomic E-state index is -0.994. The lowest BCUT2D eigenvalue weighted by Crippen LogP contribution is -2.30. The van der Waals surface area contributed by atoms with E-state index in [1.165, 1.54) is 0 Å². The highest BCUT2D eigenvalue weighted by Crippen LogP contribution is 2.02. The maximum Gasteiger partial charge on any atom is 0.320 e. The zero-order valence-electron chi connectivity index (χ0n) is 7.14. The van der Waals surface area contributed by atoms with Crippen LogP contribution in [0.2, 0.25) is 0 Å². The monoisotopic (exact) mass is 203 g/mol. The number of rotatable bonds is 6. The molecule has 5 nitrogen and oxygen atoms in total. The molecule has 0 aliphatic heterocycles. The average molecular weight is 203 g/mol. The van der Waals surface area contributed by atoms with Crippen molar-refractivity contribution in [2.45, 2.75) is 31.5 Å². The maximum atomic E-state index is 10.3. The molecule has 0 amide bonds. The number of hydrogen-bond acceptors (Lipinski definition) is 5. The van der Waals surface area contributed by atoms with Gasteiger partial charge in [0, 0.05) is 0 Å². The maximum absolute atomic E-state index is 10.3. The van der Waals surface area contributed by atoms with E-state index in [-0.39, 0.29) is 0 Å². The van der Waals surface area contributed by atoms with E-state index < -0.39 is 18.2 Å². The number of carboxylic acids is 1. The van der Waals surface area contributed by atoms with Crippen molar-refractivity contribution in [3.63, 3.8) is 0 Å². The van der Waals surface area contributed by atoms with E-state index in [9.17, 15) is 4.79 Å². The second-order valence-corrected chi connectivity index (χ2v) is 2.85. The van der Waals surface area contributed by atoms with E-state index in [0.29, 0.717) is 19.3 Å². The third kappa shape index (κ3) is 6.36. The van der Waals surface area contributed by atoms with E-state index in [4.69, 9.17) is 16.6 Å². The Labute approximate surface area is 81.8 Å². The molecule has 6 heteroatoms. The lowest BCUT2D eigenvalue weighted by molar-refractivity contribution is -0.138. The Bertz CT molecular complexity index is 208. The normalized spacial score (nSPS) is 14.3. The number of carboxylic acid groups (broad SMARTS) is 1. The molecular weight excluding hydrogens is 190 g/mol. The first-order chi connectivity index (χ1) is 6.07. The molecule has 5 N–H and O–H groups in total. The Morgan fingerprint density at radius 2 is 2.15 bits per heavy atom. The molecule has 0 spiro atoms. The lowest BCUT2D eigenvalue weighted by atomic mass is 10.1. The quantitative estimate of drug-likeness (QED) is 0.415. The van der Waals surface area contributed by atoms with Crippen molar-refractivity contribution < 1.29 is 9.90 Å². The van der Waals surface area contributed by atoms with Crippen molar-refractivity contribution in [3.05, 3.63) is 0 Å². The predicted octanol–water partition coefficient (Wildman–Crippen LogP) is -0.0438. The van der Waals surface area contributed by atoms with Gasteiger partial charge in [-0.05, 0) is 31.5 Å². The van der Waals surface area contributed by atoms with Crippen LogP contribution < -0.4 is 11.5 Å². The van der Waals surface area contributed by atoms with Gasteiger partial charge in [0.2, 0.25) is 0 Å². The van der Waals surface area contributed by atoms with Gasteiger partial charge in [-0.25, -0.2) is 4.99 Å². The van der Waals surface area contributed by atoms with Crippen molar-refractivity contribution in [1.29, 1.82) is 0 Å². The fourth-order valence-corrected chi connectivity index (χ4v) is 0.938. The van der Waals surface area contributed by atoms with Crippen molar-refractivity contribution in [2.75, 3.05) is 0 Å². The molecule has 0 saturated heterocycles. The van der Waals surface area contributed by atoms with E-state index in [1.54, 1.807) is 0 Å². The number of aliphatic imine (C=N–C) groups is 1. The standard InChI is InChI=1S/C7H13N3O2S/c8-5(7(11)12)2-1-3-6(9)10-4-13/h5-6H,1-3,8-9H2,(H,11,12). The molecule has 74 valence electrons. The Morgan fingerprint density at radius 3 is 2.62 bits per heavy atom.